The summed E-state index contributed by atoms with van der Waals surface area (Å²) in [5.74, 6) is 1.62. The molecule has 1 saturated heterocycles. The highest BCUT2D eigenvalue weighted by Gasteiger charge is 2.25. The first kappa shape index (κ1) is 20.2. The number of anilines is 1. The minimum absolute atomic E-state index is 0.0506. The van der Waals surface area contributed by atoms with Crippen molar-refractivity contribution in [3.63, 3.8) is 0 Å². The van der Waals surface area contributed by atoms with Crippen LogP contribution < -0.4 is 9.64 Å². The van der Waals surface area contributed by atoms with E-state index in [9.17, 15) is 4.79 Å². The van der Waals surface area contributed by atoms with Crippen molar-refractivity contribution in [3.05, 3.63) is 65.9 Å². The zero-order valence-electron chi connectivity index (χ0n) is 17.6. The van der Waals surface area contributed by atoms with Gasteiger partial charge >= 0.3 is 0 Å². The van der Waals surface area contributed by atoms with Gasteiger partial charge in [-0.2, -0.15) is 5.10 Å². The number of piperazine rings is 1. The fourth-order valence-electron chi connectivity index (χ4n) is 3.73. The Hall–Kier alpha value is -3.72. The molecular formula is C23H22N6O2S. The van der Waals surface area contributed by atoms with Crippen molar-refractivity contribution in [2.75, 3.05) is 38.2 Å². The smallest absolute Gasteiger partial charge is 0.274 e. The number of H-pyrrole nitrogens is 1. The summed E-state index contributed by atoms with van der Waals surface area (Å²) < 4.78 is 5.23. The van der Waals surface area contributed by atoms with E-state index in [1.54, 1.807) is 24.8 Å². The standard InChI is InChI=1S/C23H22N6O2S/c1-31-17-6-4-16(5-7-17)18-14-22(25-15-24-18)28-8-10-29(11-9-28)23(30)20-13-19(26-27-20)21-3-2-12-32-21/h2-7,12-15H,8-11H2,1H3,(H,26,27). The van der Waals surface area contributed by atoms with E-state index in [-0.39, 0.29) is 5.91 Å². The largest absolute Gasteiger partial charge is 0.497 e. The number of carbonyl (C=O) groups excluding carboxylic acids is 1. The van der Waals surface area contributed by atoms with Crippen LogP contribution in [-0.4, -0.2) is 64.3 Å². The molecule has 162 valence electrons. The third-order valence-electron chi connectivity index (χ3n) is 5.51. The third-order valence-corrected chi connectivity index (χ3v) is 6.42. The molecule has 1 N–H and O–H groups in total. The molecule has 9 heteroatoms. The van der Waals surface area contributed by atoms with Crippen LogP contribution in [0.4, 0.5) is 5.82 Å². The zero-order chi connectivity index (χ0) is 21.9. The Balaban J connectivity index is 1.24. The van der Waals surface area contributed by atoms with Gasteiger partial charge in [-0.15, -0.1) is 11.3 Å². The number of nitrogens with zero attached hydrogens (tertiary/aromatic N) is 5. The molecule has 4 heterocycles. The van der Waals surface area contributed by atoms with Gasteiger partial charge in [0.25, 0.3) is 5.91 Å². The number of hydrogen-bond donors (Lipinski definition) is 1. The highest BCUT2D eigenvalue weighted by Crippen LogP contribution is 2.25. The molecule has 5 rings (SSSR count). The molecule has 0 aliphatic carbocycles. The average molecular weight is 447 g/mol. The van der Waals surface area contributed by atoms with E-state index >= 15 is 0 Å². The lowest BCUT2D eigenvalue weighted by molar-refractivity contribution is 0.0740. The molecule has 1 fully saturated rings. The normalized spacial score (nSPS) is 13.9. The summed E-state index contributed by atoms with van der Waals surface area (Å²) in [4.78, 5) is 26.9. The Morgan fingerprint density at radius 3 is 2.59 bits per heavy atom. The number of aromatic nitrogens is 4. The highest BCUT2D eigenvalue weighted by molar-refractivity contribution is 7.13. The number of nitrogens with one attached hydrogen (secondary N) is 1. The lowest BCUT2D eigenvalue weighted by atomic mass is 10.1. The van der Waals surface area contributed by atoms with Crippen LogP contribution in [0, 0.1) is 0 Å². The summed E-state index contributed by atoms with van der Waals surface area (Å²) in [6.07, 6.45) is 1.59. The molecule has 0 spiro atoms. The van der Waals surface area contributed by atoms with Crippen molar-refractivity contribution in [2.24, 2.45) is 0 Å². The lowest BCUT2D eigenvalue weighted by Crippen LogP contribution is -2.49. The highest BCUT2D eigenvalue weighted by atomic mass is 32.1. The fraction of sp³-hybridized carbons (Fsp3) is 0.217. The van der Waals surface area contributed by atoms with Crippen molar-refractivity contribution >= 4 is 23.1 Å². The topological polar surface area (TPSA) is 87.2 Å². The summed E-state index contributed by atoms with van der Waals surface area (Å²) in [6.45, 7) is 2.63. The second-order valence-electron chi connectivity index (χ2n) is 7.41. The molecule has 1 amide bonds. The quantitative estimate of drug-likeness (QED) is 0.504. The number of thiophene rings is 1. The number of aromatic amines is 1. The van der Waals surface area contributed by atoms with Crippen LogP contribution in [0.25, 0.3) is 21.8 Å². The second kappa shape index (κ2) is 8.80. The molecule has 0 unspecified atom stereocenters. The first-order valence-corrected chi connectivity index (χ1v) is 11.2. The minimum Gasteiger partial charge on any atom is -0.497 e. The molecule has 4 aromatic rings. The van der Waals surface area contributed by atoms with E-state index in [1.807, 2.05) is 58.8 Å². The fourth-order valence-corrected chi connectivity index (χ4v) is 4.42. The van der Waals surface area contributed by atoms with Gasteiger partial charge in [0.2, 0.25) is 0 Å². The molecular weight excluding hydrogens is 424 g/mol. The molecule has 0 radical (unpaired) electrons. The molecule has 1 aromatic carbocycles. The lowest BCUT2D eigenvalue weighted by Gasteiger charge is -2.35. The van der Waals surface area contributed by atoms with Crippen molar-refractivity contribution in [2.45, 2.75) is 0 Å². The number of rotatable bonds is 5. The van der Waals surface area contributed by atoms with E-state index < -0.39 is 0 Å². The van der Waals surface area contributed by atoms with Crippen LogP contribution in [0.2, 0.25) is 0 Å². The van der Waals surface area contributed by atoms with Crippen LogP contribution in [0.5, 0.6) is 5.75 Å². The van der Waals surface area contributed by atoms with Gasteiger partial charge in [0, 0.05) is 37.8 Å². The van der Waals surface area contributed by atoms with Gasteiger partial charge in [0.05, 0.1) is 23.4 Å². The predicted molar refractivity (Wildman–Crippen MR) is 124 cm³/mol. The van der Waals surface area contributed by atoms with Crippen molar-refractivity contribution < 1.29 is 9.53 Å². The Morgan fingerprint density at radius 2 is 1.88 bits per heavy atom. The maximum atomic E-state index is 12.9. The second-order valence-corrected chi connectivity index (χ2v) is 8.36. The molecule has 3 aromatic heterocycles. The Kier molecular flexibility index (Phi) is 5.55. The first-order valence-electron chi connectivity index (χ1n) is 10.3. The van der Waals surface area contributed by atoms with Gasteiger partial charge in [-0.25, -0.2) is 9.97 Å². The maximum absolute atomic E-state index is 12.9. The van der Waals surface area contributed by atoms with E-state index in [1.165, 1.54) is 0 Å². The predicted octanol–water partition coefficient (Wildman–Crippen LogP) is 3.57. The number of methoxy groups -OCH3 is 1. The van der Waals surface area contributed by atoms with Crippen molar-refractivity contribution in [3.8, 4) is 27.6 Å². The number of carbonyl (C=O) groups is 1. The van der Waals surface area contributed by atoms with E-state index in [2.05, 4.69) is 25.1 Å². The van der Waals surface area contributed by atoms with Crippen LogP contribution in [0.15, 0.2) is 60.2 Å². The van der Waals surface area contributed by atoms with Gasteiger partial charge < -0.3 is 14.5 Å². The molecule has 0 saturated carbocycles. The molecule has 1 aliphatic rings. The van der Waals surface area contributed by atoms with Gasteiger partial charge in [-0.1, -0.05) is 6.07 Å². The summed E-state index contributed by atoms with van der Waals surface area (Å²) in [7, 11) is 1.65. The average Bonchev–Trinajstić information content (AvgIpc) is 3.56. The zero-order valence-corrected chi connectivity index (χ0v) is 18.4. The van der Waals surface area contributed by atoms with Crippen molar-refractivity contribution in [1.82, 2.24) is 25.1 Å². The summed E-state index contributed by atoms with van der Waals surface area (Å²) in [5.41, 5.74) is 3.18. The SMILES string of the molecule is COc1ccc(-c2cc(N3CCN(C(=O)c4cc(-c5cccs5)[nH]n4)CC3)ncn2)cc1. The summed E-state index contributed by atoms with van der Waals surface area (Å²) >= 11 is 1.61. The van der Waals surface area contributed by atoms with Gasteiger partial charge in [-0.05, 0) is 41.8 Å². The number of amides is 1. The summed E-state index contributed by atoms with van der Waals surface area (Å²) in [6, 6.07) is 15.6. The maximum Gasteiger partial charge on any atom is 0.274 e. The van der Waals surface area contributed by atoms with Crippen LogP contribution in [0.3, 0.4) is 0 Å². The Morgan fingerprint density at radius 1 is 1.06 bits per heavy atom. The minimum atomic E-state index is -0.0506. The molecule has 0 bridgehead atoms. The number of ether oxygens (including phenoxy) is 1. The van der Waals surface area contributed by atoms with Crippen molar-refractivity contribution in [1.29, 1.82) is 0 Å². The number of hydrogen-bond acceptors (Lipinski definition) is 7. The van der Waals surface area contributed by atoms with Gasteiger partial charge in [0.1, 0.15) is 17.9 Å². The number of benzene rings is 1. The first-order chi connectivity index (χ1) is 15.7. The van der Waals surface area contributed by atoms with E-state index in [0.29, 0.717) is 31.9 Å². The van der Waals surface area contributed by atoms with Crippen LogP contribution in [-0.2, 0) is 0 Å². The van der Waals surface area contributed by atoms with Gasteiger partial charge in [0.15, 0.2) is 5.69 Å². The molecule has 0 atom stereocenters. The molecule has 8 nitrogen and oxygen atoms in total. The molecule has 1 aliphatic heterocycles. The van der Waals surface area contributed by atoms with E-state index in [4.69, 9.17) is 4.74 Å². The Labute approximate surface area is 189 Å². The molecule has 32 heavy (non-hydrogen) atoms. The van der Waals surface area contributed by atoms with Crippen LogP contribution in [0.1, 0.15) is 10.5 Å². The van der Waals surface area contributed by atoms with E-state index in [0.717, 1.165) is 33.4 Å². The van der Waals surface area contributed by atoms with Gasteiger partial charge in [-0.3, -0.25) is 9.89 Å². The third kappa shape index (κ3) is 4.06. The monoisotopic (exact) mass is 446 g/mol. The Bertz CT molecular complexity index is 1200. The summed E-state index contributed by atoms with van der Waals surface area (Å²) in [5, 5.41) is 9.20. The van der Waals surface area contributed by atoms with Crippen LogP contribution >= 0.6 is 11.3 Å².